The average molecular weight is 208 g/mol. The van der Waals surface area contributed by atoms with Crippen LogP contribution in [0.15, 0.2) is 0 Å². The predicted molar refractivity (Wildman–Crippen MR) is 63.4 cm³/mol. The maximum Gasteiger partial charge on any atom is 0.0669 e. The fourth-order valence-corrected chi connectivity index (χ4v) is 2.18. The van der Waals surface area contributed by atoms with Gasteiger partial charge in [-0.15, -0.1) is 0 Å². The molecular weight excluding hydrogens is 184 g/mol. The van der Waals surface area contributed by atoms with E-state index in [1.165, 1.54) is 19.3 Å². The van der Waals surface area contributed by atoms with Crippen LogP contribution < -0.4 is 5.32 Å². The Balaban J connectivity index is 2.21. The van der Waals surface area contributed by atoms with Gasteiger partial charge < -0.3 is 5.32 Å². The third-order valence-corrected chi connectivity index (χ3v) is 3.86. The molecule has 0 radical (unpaired) electrons. The summed E-state index contributed by atoms with van der Waals surface area (Å²) in [5.74, 6) is 1.08. The minimum atomic E-state index is 0.183. The zero-order chi connectivity index (χ0) is 11.3. The molecule has 1 N–H and O–H groups in total. The van der Waals surface area contributed by atoms with Gasteiger partial charge in [-0.3, -0.25) is 0 Å². The molecule has 0 aromatic heterocycles. The first-order chi connectivity index (χ1) is 7.10. The molecule has 0 aliphatic heterocycles. The Kier molecular flexibility index (Phi) is 4.60. The van der Waals surface area contributed by atoms with E-state index in [2.05, 4.69) is 32.2 Å². The molecule has 1 rings (SSSR count). The van der Waals surface area contributed by atoms with Crippen LogP contribution in [0.4, 0.5) is 0 Å². The van der Waals surface area contributed by atoms with E-state index in [9.17, 15) is 0 Å². The highest BCUT2D eigenvalue weighted by atomic mass is 14.9. The summed E-state index contributed by atoms with van der Waals surface area (Å²) < 4.78 is 0. The Bertz CT molecular complexity index is 223. The third-order valence-electron chi connectivity index (χ3n) is 3.86. The normalized spacial score (nSPS) is 19.3. The van der Waals surface area contributed by atoms with Gasteiger partial charge in [0.1, 0.15) is 0 Å². The fraction of sp³-hybridized carbons (Fsp3) is 0.923. The number of hydrogen-bond acceptors (Lipinski definition) is 2. The number of nitrogens with zero attached hydrogens (tertiary/aromatic N) is 1. The molecule has 0 spiro atoms. The van der Waals surface area contributed by atoms with Gasteiger partial charge in [0.25, 0.3) is 0 Å². The summed E-state index contributed by atoms with van der Waals surface area (Å²) in [6, 6.07) is 2.33. The van der Waals surface area contributed by atoms with Gasteiger partial charge in [0, 0.05) is 13.1 Å². The van der Waals surface area contributed by atoms with Crippen LogP contribution in [-0.4, -0.2) is 13.1 Å². The van der Waals surface area contributed by atoms with E-state index in [4.69, 9.17) is 5.26 Å². The quantitative estimate of drug-likeness (QED) is 0.728. The molecule has 1 saturated carbocycles. The molecule has 2 nitrogen and oxygen atoms in total. The lowest BCUT2D eigenvalue weighted by molar-refractivity contribution is 0.118. The van der Waals surface area contributed by atoms with Crippen LogP contribution in [0.25, 0.3) is 0 Å². The zero-order valence-corrected chi connectivity index (χ0v) is 10.3. The van der Waals surface area contributed by atoms with Crippen LogP contribution >= 0.6 is 0 Å². The summed E-state index contributed by atoms with van der Waals surface area (Å²) in [5.41, 5.74) is 0.409. The lowest BCUT2D eigenvalue weighted by atomic mass is 9.67. The van der Waals surface area contributed by atoms with E-state index in [1.54, 1.807) is 0 Å². The first-order valence-corrected chi connectivity index (χ1v) is 6.20. The topological polar surface area (TPSA) is 35.8 Å². The number of nitriles is 1. The monoisotopic (exact) mass is 208 g/mol. The first-order valence-electron chi connectivity index (χ1n) is 6.20. The Morgan fingerprint density at radius 2 is 2.13 bits per heavy atom. The minimum absolute atomic E-state index is 0.183. The summed E-state index contributed by atoms with van der Waals surface area (Å²) >= 11 is 0. The second-order valence-corrected chi connectivity index (χ2v) is 5.48. The van der Waals surface area contributed by atoms with E-state index >= 15 is 0 Å². The molecule has 0 aromatic rings. The van der Waals surface area contributed by atoms with Gasteiger partial charge in [-0.2, -0.15) is 5.26 Å². The lowest BCUT2D eigenvalue weighted by Gasteiger charge is -2.40. The van der Waals surface area contributed by atoms with Crippen molar-refractivity contribution >= 4 is 0 Å². The van der Waals surface area contributed by atoms with E-state index in [1.807, 2.05) is 0 Å². The van der Waals surface area contributed by atoms with E-state index < -0.39 is 0 Å². The van der Waals surface area contributed by atoms with Crippen molar-refractivity contribution in [2.45, 2.75) is 46.5 Å². The summed E-state index contributed by atoms with van der Waals surface area (Å²) in [5, 5.41) is 12.3. The lowest BCUT2D eigenvalue weighted by Crippen LogP contribution is -2.40. The molecule has 0 aromatic carbocycles. The second-order valence-electron chi connectivity index (χ2n) is 5.48. The van der Waals surface area contributed by atoms with E-state index in [-0.39, 0.29) is 5.92 Å². The standard InChI is InChI=1S/C13H24N2/c1-4-11(8-14)9-15-10-13(2,3)12-6-5-7-12/h11-12,15H,4-7,9-10H2,1-3H3. The number of nitrogens with one attached hydrogen (secondary N) is 1. The Hall–Kier alpha value is -0.550. The summed E-state index contributed by atoms with van der Waals surface area (Å²) in [6.45, 7) is 8.67. The van der Waals surface area contributed by atoms with Crippen LogP contribution in [0, 0.1) is 28.6 Å². The van der Waals surface area contributed by atoms with Crippen LogP contribution in [0.5, 0.6) is 0 Å². The van der Waals surface area contributed by atoms with Crippen molar-refractivity contribution in [2.75, 3.05) is 13.1 Å². The molecule has 1 fully saturated rings. The molecule has 2 heteroatoms. The van der Waals surface area contributed by atoms with Crippen LogP contribution in [-0.2, 0) is 0 Å². The number of rotatable bonds is 6. The van der Waals surface area contributed by atoms with E-state index in [0.717, 1.165) is 25.4 Å². The molecule has 1 aliphatic carbocycles. The van der Waals surface area contributed by atoms with Crippen molar-refractivity contribution in [2.24, 2.45) is 17.3 Å². The van der Waals surface area contributed by atoms with Crippen LogP contribution in [0.2, 0.25) is 0 Å². The van der Waals surface area contributed by atoms with Crippen molar-refractivity contribution in [3.63, 3.8) is 0 Å². The Morgan fingerprint density at radius 3 is 2.53 bits per heavy atom. The number of hydrogen-bond donors (Lipinski definition) is 1. The minimum Gasteiger partial charge on any atom is -0.315 e. The van der Waals surface area contributed by atoms with Crippen LogP contribution in [0.3, 0.4) is 0 Å². The van der Waals surface area contributed by atoms with Gasteiger partial charge in [0.2, 0.25) is 0 Å². The molecule has 15 heavy (non-hydrogen) atoms. The largest absolute Gasteiger partial charge is 0.315 e. The van der Waals surface area contributed by atoms with Crippen LogP contribution in [0.1, 0.15) is 46.5 Å². The molecule has 0 heterocycles. The summed E-state index contributed by atoms with van der Waals surface area (Å²) in [4.78, 5) is 0. The van der Waals surface area contributed by atoms with Gasteiger partial charge in [-0.05, 0) is 30.6 Å². The fourth-order valence-electron chi connectivity index (χ4n) is 2.18. The van der Waals surface area contributed by atoms with Crippen molar-refractivity contribution in [1.29, 1.82) is 5.26 Å². The van der Waals surface area contributed by atoms with Gasteiger partial charge in [0.15, 0.2) is 0 Å². The molecule has 0 saturated heterocycles. The third kappa shape index (κ3) is 3.50. The molecule has 1 aliphatic rings. The van der Waals surface area contributed by atoms with Crippen molar-refractivity contribution in [3.8, 4) is 6.07 Å². The molecule has 0 bridgehead atoms. The van der Waals surface area contributed by atoms with Crippen molar-refractivity contribution in [3.05, 3.63) is 0 Å². The molecule has 1 atom stereocenters. The Morgan fingerprint density at radius 1 is 1.47 bits per heavy atom. The SMILES string of the molecule is CCC(C#N)CNCC(C)(C)C1CCC1. The van der Waals surface area contributed by atoms with Gasteiger partial charge in [-0.25, -0.2) is 0 Å². The van der Waals surface area contributed by atoms with Gasteiger partial charge in [-0.1, -0.05) is 27.2 Å². The molecule has 86 valence electrons. The van der Waals surface area contributed by atoms with Gasteiger partial charge in [0.05, 0.1) is 12.0 Å². The summed E-state index contributed by atoms with van der Waals surface area (Å²) in [6.07, 6.45) is 5.14. The maximum atomic E-state index is 8.83. The molecule has 1 unspecified atom stereocenters. The van der Waals surface area contributed by atoms with Gasteiger partial charge >= 0.3 is 0 Å². The highest BCUT2D eigenvalue weighted by Crippen LogP contribution is 2.41. The van der Waals surface area contributed by atoms with E-state index in [0.29, 0.717) is 5.41 Å². The average Bonchev–Trinajstić information content (AvgIpc) is 2.08. The summed E-state index contributed by atoms with van der Waals surface area (Å²) in [7, 11) is 0. The molecule has 0 amide bonds. The zero-order valence-electron chi connectivity index (χ0n) is 10.3. The van der Waals surface area contributed by atoms with Crippen molar-refractivity contribution < 1.29 is 0 Å². The first kappa shape index (κ1) is 12.5. The highest BCUT2D eigenvalue weighted by molar-refractivity contribution is 4.88. The maximum absolute atomic E-state index is 8.83. The Labute approximate surface area is 94.1 Å². The van der Waals surface area contributed by atoms with Crippen molar-refractivity contribution in [1.82, 2.24) is 5.32 Å². The highest BCUT2D eigenvalue weighted by Gasteiger charge is 2.33. The predicted octanol–water partition coefficient (Wildman–Crippen LogP) is 2.95. The second kappa shape index (κ2) is 5.51. The molecular formula is C13H24N2. The smallest absolute Gasteiger partial charge is 0.0669 e.